The van der Waals surface area contributed by atoms with Crippen LogP contribution in [0.25, 0.3) is 0 Å². The maximum atomic E-state index is 12.5. The van der Waals surface area contributed by atoms with Crippen LogP contribution in [0.3, 0.4) is 0 Å². The summed E-state index contributed by atoms with van der Waals surface area (Å²) in [5.41, 5.74) is 0.274. The van der Waals surface area contributed by atoms with Crippen LogP contribution in [0.2, 0.25) is 5.02 Å². The third kappa shape index (κ3) is 3.74. The standard InChI is InChI=1S/C14H18ClN3O2S/c1-10-9-18(2)6-5-13(10)17-21(19,20)14-7-11(8-16)3-4-12(14)15/h3-4,7,10,13,17H,5-6,9H2,1-2H3. The molecule has 0 radical (unpaired) electrons. The van der Waals surface area contributed by atoms with Gasteiger partial charge in [-0.2, -0.15) is 5.26 Å². The van der Waals surface area contributed by atoms with Crippen molar-refractivity contribution in [2.45, 2.75) is 24.3 Å². The number of nitriles is 1. The molecule has 0 amide bonds. The molecule has 1 saturated heterocycles. The van der Waals surface area contributed by atoms with Gasteiger partial charge in [0.05, 0.1) is 16.7 Å². The number of hydrogen-bond acceptors (Lipinski definition) is 4. The van der Waals surface area contributed by atoms with Crippen LogP contribution < -0.4 is 4.72 Å². The molecule has 5 nitrogen and oxygen atoms in total. The van der Waals surface area contributed by atoms with E-state index >= 15 is 0 Å². The van der Waals surface area contributed by atoms with E-state index < -0.39 is 10.0 Å². The zero-order chi connectivity index (χ0) is 15.6. The number of hydrogen-bond donors (Lipinski definition) is 1. The fourth-order valence-electron chi connectivity index (χ4n) is 2.57. The summed E-state index contributed by atoms with van der Waals surface area (Å²) in [6.07, 6.45) is 0.756. The molecule has 0 aliphatic carbocycles. The average molecular weight is 328 g/mol. The molecule has 1 heterocycles. The second-order valence-corrected chi connectivity index (χ2v) is 7.60. The third-order valence-corrected chi connectivity index (χ3v) is 5.74. The lowest BCUT2D eigenvalue weighted by Crippen LogP contribution is -2.48. The van der Waals surface area contributed by atoms with E-state index in [4.69, 9.17) is 16.9 Å². The van der Waals surface area contributed by atoms with E-state index in [2.05, 4.69) is 9.62 Å². The Morgan fingerprint density at radius 2 is 2.19 bits per heavy atom. The Balaban J connectivity index is 2.25. The second kappa shape index (κ2) is 6.32. The maximum Gasteiger partial charge on any atom is 0.242 e. The summed E-state index contributed by atoms with van der Waals surface area (Å²) in [7, 11) is -1.70. The molecule has 1 fully saturated rings. The molecule has 0 saturated carbocycles. The molecule has 2 unspecified atom stereocenters. The van der Waals surface area contributed by atoms with Crippen molar-refractivity contribution in [2.24, 2.45) is 5.92 Å². The van der Waals surface area contributed by atoms with Gasteiger partial charge in [-0.05, 0) is 44.1 Å². The summed E-state index contributed by atoms with van der Waals surface area (Å²) in [6.45, 7) is 3.72. The molecule has 21 heavy (non-hydrogen) atoms. The van der Waals surface area contributed by atoms with Gasteiger partial charge in [-0.3, -0.25) is 0 Å². The number of rotatable bonds is 3. The molecular formula is C14H18ClN3O2S. The predicted molar refractivity (Wildman–Crippen MR) is 81.6 cm³/mol. The van der Waals surface area contributed by atoms with Crippen molar-refractivity contribution in [2.75, 3.05) is 20.1 Å². The van der Waals surface area contributed by atoms with Gasteiger partial charge < -0.3 is 4.90 Å². The Bertz CT molecular complexity index is 669. The van der Waals surface area contributed by atoms with Crippen molar-refractivity contribution in [3.63, 3.8) is 0 Å². The van der Waals surface area contributed by atoms with Crippen molar-refractivity contribution >= 4 is 21.6 Å². The van der Waals surface area contributed by atoms with E-state index in [9.17, 15) is 8.42 Å². The first-order valence-electron chi connectivity index (χ1n) is 6.74. The third-order valence-electron chi connectivity index (χ3n) is 3.76. The van der Waals surface area contributed by atoms with Gasteiger partial charge >= 0.3 is 0 Å². The minimum atomic E-state index is -3.73. The largest absolute Gasteiger partial charge is 0.306 e. The maximum absolute atomic E-state index is 12.5. The van der Waals surface area contributed by atoms with Crippen molar-refractivity contribution < 1.29 is 8.42 Å². The molecule has 2 rings (SSSR count). The number of halogens is 1. The normalized spacial score (nSPS) is 23.7. The predicted octanol–water partition coefficient (Wildman–Crippen LogP) is 1.83. The molecular weight excluding hydrogens is 310 g/mol. The Hall–Kier alpha value is -1.13. The van der Waals surface area contributed by atoms with Crippen LogP contribution >= 0.6 is 11.6 Å². The van der Waals surface area contributed by atoms with E-state index in [1.807, 2.05) is 20.0 Å². The van der Waals surface area contributed by atoms with Crippen LogP contribution in [0.1, 0.15) is 18.9 Å². The summed E-state index contributed by atoms with van der Waals surface area (Å²) in [6, 6.07) is 6.06. The topological polar surface area (TPSA) is 73.2 Å². The SMILES string of the molecule is CC1CN(C)CCC1NS(=O)(=O)c1cc(C#N)ccc1Cl. The van der Waals surface area contributed by atoms with E-state index in [1.165, 1.54) is 18.2 Å². The molecule has 0 spiro atoms. The van der Waals surface area contributed by atoms with Crippen LogP contribution in [0, 0.1) is 17.2 Å². The molecule has 7 heteroatoms. The minimum Gasteiger partial charge on any atom is -0.306 e. The van der Waals surface area contributed by atoms with E-state index in [-0.39, 0.29) is 27.4 Å². The van der Waals surface area contributed by atoms with Crippen molar-refractivity contribution in [3.05, 3.63) is 28.8 Å². The molecule has 1 aliphatic rings. The Morgan fingerprint density at radius 1 is 1.48 bits per heavy atom. The first kappa shape index (κ1) is 16.2. The quantitative estimate of drug-likeness (QED) is 0.919. The van der Waals surface area contributed by atoms with Crippen molar-refractivity contribution in [3.8, 4) is 6.07 Å². The smallest absolute Gasteiger partial charge is 0.242 e. The first-order chi connectivity index (χ1) is 9.83. The van der Waals surface area contributed by atoms with E-state index in [1.54, 1.807) is 0 Å². The molecule has 0 bridgehead atoms. The summed E-state index contributed by atoms with van der Waals surface area (Å²) in [4.78, 5) is 2.15. The molecule has 2 atom stereocenters. The Morgan fingerprint density at radius 3 is 2.81 bits per heavy atom. The Labute approximate surface area is 130 Å². The molecule has 1 aliphatic heterocycles. The average Bonchev–Trinajstić information content (AvgIpc) is 2.42. The first-order valence-corrected chi connectivity index (χ1v) is 8.60. The van der Waals surface area contributed by atoms with Gasteiger partial charge in [-0.1, -0.05) is 18.5 Å². The number of piperidine rings is 1. The summed E-state index contributed by atoms with van der Waals surface area (Å²) >= 11 is 5.98. The molecule has 1 aromatic rings. The summed E-state index contributed by atoms with van der Waals surface area (Å²) in [5, 5.41) is 9.02. The number of benzene rings is 1. The van der Waals surface area contributed by atoms with Gasteiger partial charge in [0, 0.05) is 12.6 Å². The van der Waals surface area contributed by atoms with E-state index in [0.29, 0.717) is 0 Å². The Kier molecular flexibility index (Phi) is 4.89. The van der Waals surface area contributed by atoms with Gasteiger partial charge in [0.1, 0.15) is 4.90 Å². The molecule has 114 valence electrons. The lowest BCUT2D eigenvalue weighted by molar-refractivity contribution is 0.188. The highest BCUT2D eigenvalue weighted by Gasteiger charge is 2.29. The highest BCUT2D eigenvalue weighted by molar-refractivity contribution is 7.89. The molecule has 1 N–H and O–H groups in total. The molecule has 1 aromatic carbocycles. The minimum absolute atomic E-state index is 0.0330. The van der Waals surface area contributed by atoms with Crippen LogP contribution in [0.5, 0.6) is 0 Å². The van der Waals surface area contributed by atoms with Gasteiger partial charge in [0.2, 0.25) is 10.0 Å². The summed E-state index contributed by atoms with van der Waals surface area (Å²) in [5.74, 6) is 0.219. The van der Waals surface area contributed by atoms with Crippen LogP contribution in [0.15, 0.2) is 23.1 Å². The van der Waals surface area contributed by atoms with Crippen LogP contribution in [-0.4, -0.2) is 39.5 Å². The number of nitrogens with one attached hydrogen (secondary N) is 1. The zero-order valence-electron chi connectivity index (χ0n) is 12.0. The van der Waals surface area contributed by atoms with Crippen molar-refractivity contribution in [1.29, 1.82) is 5.26 Å². The van der Waals surface area contributed by atoms with Crippen LogP contribution in [0.4, 0.5) is 0 Å². The van der Waals surface area contributed by atoms with Gasteiger partial charge in [-0.25, -0.2) is 13.1 Å². The fourth-order valence-corrected chi connectivity index (χ4v) is 4.48. The monoisotopic (exact) mass is 327 g/mol. The fraction of sp³-hybridized carbons (Fsp3) is 0.500. The highest BCUT2D eigenvalue weighted by atomic mass is 35.5. The molecule has 0 aromatic heterocycles. The highest BCUT2D eigenvalue weighted by Crippen LogP contribution is 2.24. The zero-order valence-corrected chi connectivity index (χ0v) is 13.6. The van der Waals surface area contributed by atoms with Gasteiger partial charge in [0.25, 0.3) is 0 Å². The lowest BCUT2D eigenvalue weighted by Gasteiger charge is -2.35. The summed E-state index contributed by atoms with van der Waals surface area (Å²) < 4.78 is 27.7. The van der Waals surface area contributed by atoms with Gasteiger partial charge in [0.15, 0.2) is 0 Å². The second-order valence-electron chi connectivity index (χ2n) is 5.51. The van der Waals surface area contributed by atoms with E-state index in [0.717, 1.165) is 19.5 Å². The number of sulfonamides is 1. The number of nitrogens with zero attached hydrogens (tertiary/aromatic N) is 2. The number of likely N-dealkylation sites (tertiary alicyclic amines) is 1. The van der Waals surface area contributed by atoms with Crippen molar-refractivity contribution in [1.82, 2.24) is 9.62 Å². The van der Waals surface area contributed by atoms with Gasteiger partial charge in [-0.15, -0.1) is 0 Å². The van der Waals surface area contributed by atoms with Crippen LogP contribution in [-0.2, 0) is 10.0 Å². The lowest BCUT2D eigenvalue weighted by atomic mass is 9.95.